The maximum Gasteiger partial charge on any atom is 0.251 e. The van der Waals surface area contributed by atoms with Gasteiger partial charge >= 0.3 is 0 Å². The first-order chi connectivity index (χ1) is 13.6. The van der Waals surface area contributed by atoms with E-state index in [0.29, 0.717) is 24.7 Å². The van der Waals surface area contributed by atoms with Crippen molar-refractivity contribution in [3.63, 3.8) is 0 Å². The number of benzene rings is 1. The molecule has 3 N–H and O–H groups in total. The number of carbonyl (C=O) groups is 1. The van der Waals surface area contributed by atoms with Gasteiger partial charge in [-0.3, -0.25) is 4.79 Å². The summed E-state index contributed by atoms with van der Waals surface area (Å²) in [6.45, 7) is 7.99. The van der Waals surface area contributed by atoms with E-state index in [9.17, 15) is 13.2 Å². The minimum atomic E-state index is -3.77. The zero-order valence-corrected chi connectivity index (χ0v) is 18.2. The van der Waals surface area contributed by atoms with Crippen molar-refractivity contribution in [3.8, 4) is 0 Å². The van der Waals surface area contributed by atoms with Crippen molar-refractivity contribution in [2.24, 2.45) is 16.7 Å². The summed E-state index contributed by atoms with van der Waals surface area (Å²) in [7, 11) is -3.77. The molecule has 8 heteroatoms. The molecule has 2 aliphatic carbocycles. The lowest BCUT2D eigenvalue weighted by Crippen LogP contribution is -2.52. The average molecular weight is 422 g/mol. The molecule has 0 aromatic heterocycles. The minimum Gasteiger partial charge on any atom is -0.398 e. The fourth-order valence-corrected chi connectivity index (χ4v) is 7.25. The summed E-state index contributed by atoms with van der Waals surface area (Å²) in [6.07, 6.45) is 3.45. The third-order valence-corrected chi connectivity index (χ3v) is 9.36. The summed E-state index contributed by atoms with van der Waals surface area (Å²) in [5.74, 6) is 0.372. The zero-order valence-electron chi connectivity index (χ0n) is 17.4. The summed E-state index contributed by atoms with van der Waals surface area (Å²) < 4.78 is 32.7. The number of nitrogens with zero attached hydrogens (tertiary/aromatic N) is 1. The number of ether oxygens (including phenoxy) is 1. The molecule has 1 amide bonds. The number of nitrogen functional groups attached to an aromatic ring is 1. The van der Waals surface area contributed by atoms with Crippen LogP contribution in [0.2, 0.25) is 0 Å². The Kier molecular flexibility index (Phi) is 4.95. The van der Waals surface area contributed by atoms with Gasteiger partial charge < -0.3 is 15.8 Å². The summed E-state index contributed by atoms with van der Waals surface area (Å²) in [6, 6.07) is 4.59. The molecule has 3 unspecified atom stereocenters. The lowest BCUT2D eigenvalue weighted by atomic mass is 9.68. The quantitative estimate of drug-likeness (QED) is 0.726. The van der Waals surface area contributed by atoms with Crippen molar-refractivity contribution in [1.82, 2.24) is 9.62 Å². The topological polar surface area (TPSA) is 102 Å². The van der Waals surface area contributed by atoms with E-state index in [0.717, 1.165) is 12.8 Å². The second-order valence-electron chi connectivity index (χ2n) is 9.59. The van der Waals surface area contributed by atoms with E-state index < -0.39 is 10.0 Å². The second-order valence-corrected chi connectivity index (χ2v) is 11.5. The van der Waals surface area contributed by atoms with E-state index in [4.69, 9.17) is 10.5 Å². The van der Waals surface area contributed by atoms with Crippen LogP contribution in [0.15, 0.2) is 23.1 Å². The van der Waals surface area contributed by atoms with Crippen LogP contribution in [-0.2, 0) is 14.8 Å². The molecular weight excluding hydrogens is 390 g/mol. The number of nitrogens with two attached hydrogens (primary N) is 1. The molecule has 3 fully saturated rings. The number of amides is 1. The summed E-state index contributed by atoms with van der Waals surface area (Å²) in [5.41, 5.74) is 6.60. The molecule has 1 saturated heterocycles. The van der Waals surface area contributed by atoms with E-state index in [2.05, 4.69) is 26.1 Å². The Morgan fingerprint density at radius 1 is 1.24 bits per heavy atom. The van der Waals surface area contributed by atoms with Crippen LogP contribution >= 0.6 is 0 Å². The predicted octanol–water partition coefficient (Wildman–Crippen LogP) is 2.23. The van der Waals surface area contributed by atoms with Crippen LogP contribution in [0, 0.1) is 16.7 Å². The Morgan fingerprint density at radius 3 is 2.55 bits per heavy atom. The van der Waals surface area contributed by atoms with Crippen molar-refractivity contribution in [2.75, 3.05) is 32.0 Å². The Morgan fingerprint density at radius 2 is 1.93 bits per heavy atom. The van der Waals surface area contributed by atoms with Crippen LogP contribution < -0.4 is 11.1 Å². The molecule has 0 radical (unpaired) electrons. The lowest BCUT2D eigenvalue weighted by molar-refractivity contribution is 0.0729. The van der Waals surface area contributed by atoms with E-state index >= 15 is 0 Å². The highest BCUT2D eigenvalue weighted by Crippen LogP contribution is 2.62. The average Bonchev–Trinajstić information content (AvgIpc) is 3.17. The van der Waals surface area contributed by atoms with Gasteiger partial charge in [0, 0.05) is 24.7 Å². The molecule has 3 atom stereocenters. The number of rotatable bonds is 4. The van der Waals surface area contributed by atoms with Gasteiger partial charge in [-0.1, -0.05) is 20.8 Å². The van der Waals surface area contributed by atoms with Crippen LogP contribution in [0.1, 0.15) is 50.4 Å². The van der Waals surface area contributed by atoms with Gasteiger partial charge in [0.05, 0.1) is 18.9 Å². The van der Waals surface area contributed by atoms with Crippen LogP contribution in [0.5, 0.6) is 0 Å². The van der Waals surface area contributed by atoms with Crippen molar-refractivity contribution in [1.29, 1.82) is 0 Å². The molecule has 4 rings (SSSR count). The number of morpholine rings is 1. The molecule has 1 aromatic carbocycles. The van der Waals surface area contributed by atoms with E-state index in [1.165, 1.54) is 22.9 Å². The molecule has 3 aliphatic rings. The first kappa shape index (κ1) is 20.6. The van der Waals surface area contributed by atoms with Gasteiger partial charge in [-0.05, 0) is 54.2 Å². The van der Waals surface area contributed by atoms with Gasteiger partial charge in [-0.2, -0.15) is 4.31 Å². The monoisotopic (exact) mass is 421 g/mol. The van der Waals surface area contributed by atoms with Crippen molar-refractivity contribution in [3.05, 3.63) is 23.8 Å². The second kappa shape index (κ2) is 6.96. The smallest absolute Gasteiger partial charge is 0.251 e. The van der Waals surface area contributed by atoms with Gasteiger partial charge in [-0.15, -0.1) is 0 Å². The Bertz CT molecular complexity index is 919. The first-order valence-corrected chi connectivity index (χ1v) is 11.8. The molecule has 2 saturated carbocycles. The van der Waals surface area contributed by atoms with E-state index in [1.54, 1.807) is 6.07 Å². The predicted molar refractivity (Wildman–Crippen MR) is 111 cm³/mol. The maximum absolute atomic E-state index is 13.1. The number of nitrogens with one attached hydrogen (secondary N) is 1. The van der Waals surface area contributed by atoms with Crippen molar-refractivity contribution in [2.45, 2.75) is 51.0 Å². The number of carbonyl (C=O) groups excluding carboxylic acids is 1. The highest BCUT2D eigenvalue weighted by Gasteiger charge is 2.59. The summed E-state index contributed by atoms with van der Waals surface area (Å²) in [5, 5.41) is 3.23. The molecule has 0 spiro atoms. The largest absolute Gasteiger partial charge is 0.398 e. The van der Waals surface area contributed by atoms with Crippen LogP contribution in [0.3, 0.4) is 0 Å². The van der Waals surface area contributed by atoms with E-state index in [-0.39, 0.29) is 46.5 Å². The van der Waals surface area contributed by atoms with Gasteiger partial charge in [0.2, 0.25) is 10.0 Å². The molecule has 1 aromatic rings. The zero-order chi connectivity index (χ0) is 21.0. The Hall–Kier alpha value is -1.64. The lowest BCUT2D eigenvalue weighted by Gasteiger charge is -2.43. The SMILES string of the molecule is CC12CCC(C1)C(C)(C)C2NC(=O)c1ccc(N)c(S(=O)(=O)N2CCOCC2)c1. The van der Waals surface area contributed by atoms with Crippen LogP contribution in [0.25, 0.3) is 0 Å². The molecule has 160 valence electrons. The van der Waals surface area contributed by atoms with Gasteiger partial charge in [0.15, 0.2) is 0 Å². The fraction of sp³-hybridized carbons (Fsp3) is 0.667. The summed E-state index contributed by atoms with van der Waals surface area (Å²) in [4.78, 5) is 13.1. The molecule has 1 heterocycles. The third kappa shape index (κ3) is 3.35. The number of sulfonamides is 1. The van der Waals surface area contributed by atoms with Gasteiger partial charge in [0.1, 0.15) is 4.90 Å². The Labute approximate surface area is 173 Å². The molecule has 2 bridgehead atoms. The van der Waals surface area contributed by atoms with Crippen molar-refractivity contribution >= 4 is 21.6 Å². The first-order valence-electron chi connectivity index (χ1n) is 10.3. The minimum absolute atomic E-state index is 0.00883. The molecule has 1 aliphatic heterocycles. The van der Waals surface area contributed by atoms with Crippen LogP contribution in [0.4, 0.5) is 5.69 Å². The molecular formula is C21H31N3O4S. The standard InChI is InChI=1S/C21H31N3O4S/c1-20(2)15-6-7-21(3,13-15)19(20)23-18(25)14-4-5-16(22)17(12-14)29(26,27)24-8-10-28-11-9-24/h4-5,12,15,19H,6-11,13,22H2,1-3H3,(H,23,25). The van der Waals surface area contributed by atoms with Gasteiger partial charge in [0.25, 0.3) is 5.91 Å². The number of anilines is 1. The van der Waals surface area contributed by atoms with Gasteiger partial charge in [-0.25, -0.2) is 8.42 Å². The van der Waals surface area contributed by atoms with Crippen molar-refractivity contribution < 1.29 is 17.9 Å². The van der Waals surface area contributed by atoms with E-state index in [1.807, 2.05) is 0 Å². The van der Waals surface area contributed by atoms with Crippen LogP contribution in [-0.4, -0.2) is 51.0 Å². The summed E-state index contributed by atoms with van der Waals surface area (Å²) >= 11 is 0. The Balaban J connectivity index is 1.60. The number of hydrogen-bond acceptors (Lipinski definition) is 5. The number of fused-ring (bicyclic) bond motifs is 2. The third-order valence-electron chi connectivity index (χ3n) is 7.41. The molecule has 29 heavy (non-hydrogen) atoms. The normalized spacial score (nSPS) is 31.7. The fourth-order valence-electron chi connectivity index (χ4n) is 5.70. The highest BCUT2D eigenvalue weighted by molar-refractivity contribution is 7.89. The maximum atomic E-state index is 13.1. The highest BCUT2D eigenvalue weighted by atomic mass is 32.2. The molecule has 7 nitrogen and oxygen atoms in total. The number of hydrogen-bond donors (Lipinski definition) is 2.